The van der Waals surface area contributed by atoms with Gasteiger partial charge in [0.05, 0.1) is 6.61 Å². The topological polar surface area (TPSA) is 61.8 Å². The van der Waals surface area contributed by atoms with Crippen LogP contribution in [0.1, 0.15) is 38.7 Å². The maximum absolute atomic E-state index is 5.62. The van der Waals surface area contributed by atoms with Crippen molar-refractivity contribution in [2.45, 2.75) is 39.7 Å². The highest BCUT2D eigenvalue weighted by Crippen LogP contribution is 2.18. The summed E-state index contributed by atoms with van der Waals surface area (Å²) in [5.41, 5.74) is 1.22. The number of guanidine groups is 1. The maximum atomic E-state index is 5.62. The molecule has 0 bridgehead atoms. The number of hydrogen-bond donors (Lipinski definition) is 2. The van der Waals surface area contributed by atoms with Crippen LogP contribution in [-0.2, 0) is 11.3 Å². The van der Waals surface area contributed by atoms with Crippen LogP contribution in [0, 0.1) is 5.92 Å². The molecule has 0 radical (unpaired) electrons. The molecule has 140 valence electrons. The van der Waals surface area contributed by atoms with Crippen LogP contribution in [0.5, 0.6) is 0 Å². The molecule has 0 atom stereocenters. The van der Waals surface area contributed by atoms with Gasteiger partial charge in [0.25, 0.3) is 0 Å². The van der Waals surface area contributed by atoms with Crippen molar-refractivity contribution in [2.24, 2.45) is 10.9 Å². The monoisotopic (exact) mass is 347 g/mol. The number of pyridine rings is 1. The van der Waals surface area contributed by atoms with Gasteiger partial charge in [0.1, 0.15) is 5.82 Å². The maximum Gasteiger partial charge on any atom is 0.191 e. The second-order valence-electron chi connectivity index (χ2n) is 6.86. The summed E-state index contributed by atoms with van der Waals surface area (Å²) in [7, 11) is 1.79. The minimum absolute atomic E-state index is 0.688. The van der Waals surface area contributed by atoms with Crippen molar-refractivity contribution in [3.63, 3.8) is 0 Å². The van der Waals surface area contributed by atoms with E-state index in [-0.39, 0.29) is 0 Å². The molecule has 2 N–H and O–H groups in total. The number of rotatable bonds is 9. The molecule has 0 amide bonds. The highest BCUT2D eigenvalue weighted by molar-refractivity contribution is 5.79. The second kappa shape index (κ2) is 10.9. The molecule has 2 heterocycles. The van der Waals surface area contributed by atoms with Gasteiger partial charge < -0.3 is 20.3 Å². The number of hydrogen-bond acceptors (Lipinski definition) is 4. The molecule has 0 unspecified atom stereocenters. The fourth-order valence-electron chi connectivity index (χ4n) is 2.76. The summed E-state index contributed by atoms with van der Waals surface area (Å²) < 4.78 is 5.62. The third-order valence-corrected chi connectivity index (χ3v) is 4.30. The zero-order valence-corrected chi connectivity index (χ0v) is 15.9. The van der Waals surface area contributed by atoms with Crippen LogP contribution in [0.4, 0.5) is 5.82 Å². The van der Waals surface area contributed by atoms with Crippen LogP contribution in [0.25, 0.3) is 0 Å². The van der Waals surface area contributed by atoms with Crippen molar-refractivity contribution in [3.05, 3.63) is 23.9 Å². The van der Waals surface area contributed by atoms with Gasteiger partial charge in [0, 0.05) is 46.0 Å². The molecule has 1 fully saturated rings. The lowest BCUT2D eigenvalue weighted by atomic mass is 10.1. The van der Waals surface area contributed by atoms with E-state index in [9.17, 15) is 0 Å². The zero-order chi connectivity index (χ0) is 17.9. The number of aromatic nitrogens is 1. The lowest BCUT2D eigenvalue weighted by Gasteiger charge is -2.17. The first kappa shape index (κ1) is 19.5. The first-order chi connectivity index (χ1) is 12.2. The van der Waals surface area contributed by atoms with Gasteiger partial charge >= 0.3 is 0 Å². The van der Waals surface area contributed by atoms with Crippen LogP contribution < -0.4 is 15.5 Å². The smallest absolute Gasteiger partial charge is 0.191 e. The van der Waals surface area contributed by atoms with Gasteiger partial charge in [-0.25, -0.2) is 4.98 Å². The quantitative estimate of drug-likeness (QED) is 0.408. The fourth-order valence-corrected chi connectivity index (χ4v) is 2.76. The number of nitrogens with zero attached hydrogens (tertiary/aromatic N) is 3. The van der Waals surface area contributed by atoms with E-state index < -0.39 is 0 Å². The van der Waals surface area contributed by atoms with Crippen LogP contribution >= 0.6 is 0 Å². The molecule has 1 saturated heterocycles. The van der Waals surface area contributed by atoms with E-state index in [0.717, 1.165) is 51.0 Å². The average Bonchev–Trinajstić information content (AvgIpc) is 3.15. The van der Waals surface area contributed by atoms with E-state index in [0.29, 0.717) is 12.5 Å². The Morgan fingerprint density at radius 1 is 1.28 bits per heavy atom. The molecule has 0 aromatic carbocycles. The van der Waals surface area contributed by atoms with Crippen molar-refractivity contribution < 1.29 is 4.74 Å². The Hall–Kier alpha value is -1.82. The highest BCUT2D eigenvalue weighted by atomic mass is 16.5. The summed E-state index contributed by atoms with van der Waals surface area (Å²) in [6.07, 6.45) is 5.53. The average molecular weight is 348 g/mol. The fraction of sp³-hybridized carbons (Fsp3) is 0.684. The van der Waals surface area contributed by atoms with Crippen molar-refractivity contribution in [1.82, 2.24) is 15.6 Å². The van der Waals surface area contributed by atoms with Gasteiger partial charge in [-0.3, -0.25) is 4.99 Å². The van der Waals surface area contributed by atoms with E-state index in [4.69, 9.17) is 4.74 Å². The van der Waals surface area contributed by atoms with Crippen molar-refractivity contribution >= 4 is 11.8 Å². The first-order valence-corrected chi connectivity index (χ1v) is 9.41. The molecular formula is C19H33N5O. The Labute approximate surface area is 152 Å². The summed E-state index contributed by atoms with van der Waals surface area (Å²) in [5.74, 6) is 2.57. The minimum Gasteiger partial charge on any atom is -0.380 e. The zero-order valence-electron chi connectivity index (χ0n) is 15.9. The number of anilines is 1. The normalized spacial score (nSPS) is 15.0. The summed E-state index contributed by atoms with van der Waals surface area (Å²) >= 11 is 0. The van der Waals surface area contributed by atoms with Gasteiger partial charge in [-0.1, -0.05) is 13.8 Å². The SMILES string of the molecule is CN=C(NCCOCCC(C)C)NCc1ccnc(N2CCCC2)c1. The molecule has 1 aromatic rings. The van der Waals surface area contributed by atoms with Gasteiger partial charge in [-0.05, 0) is 42.9 Å². The standard InChI is InChI=1S/C19H33N5O/c1-16(2)7-12-25-13-9-22-19(20-3)23-15-17-6-8-21-18(14-17)24-10-4-5-11-24/h6,8,14,16H,4-5,7,9-13,15H2,1-3H3,(H2,20,22,23). The summed E-state index contributed by atoms with van der Waals surface area (Å²) in [6.45, 7) is 9.66. The van der Waals surface area contributed by atoms with Gasteiger partial charge in [0.2, 0.25) is 0 Å². The molecule has 1 aromatic heterocycles. The lowest BCUT2D eigenvalue weighted by molar-refractivity contribution is 0.128. The summed E-state index contributed by atoms with van der Waals surface area (Å²) in [5, 5.41) is 6.64. The molecule has 0 spiro atoms. The Morgan fingerprint density at radius 2 is 2.08 bits per heavy atom. The van der Waals surface area contributed by atoms with Gasteiger partial charge in [-0.15, -0.1) is 0 Å². The largest absolute Gasteiger partial charge is 0.380 e. The Bertz CT molecular complexity index is 526. The van der Waals surface area contributed by atoms with E-state index in [1.165, 1.54) is 18.4 Å². The van der Waals surface area contributed by atoms with Crippen LogP contribution in [0.15, 0.2) is 23.3 Å². The Morgan fingerprint density at radius 3 is 2.80 bits per heavy atom. The Kier molecular flexibility index (Phi) is 8.52. The molecule has 0 saturated carbocycles. The predicted octanol–water partition coefficient (Wildman–Crippen LogP) is 2.41. The lowest BCUT2D eigenvalue weighted by Crippen LogP contribution is -2.38. The molecule has 6 nitrogen and oxygen atoms in total. The first-order valence-electron chi connectivity index (χ1n) is 9.41. The number of ether oxygens (including phenoxy) is 1. The van der Waals surface area contributed by atoms with Crippen molar-refractivity contribution in [1.29, 1.82) is 0 Å². The van der Waals surface area contributed by atoms with Crippen LogP contribution in [0.2, 0.25) is 0 Å². The molecule has 0 aliphatic carbocycles. The molecule has 6 heteroatoms. The highest BCUT2D eigenvalue weighted by Gasteiger charge is 2.13. The van der Waals surface area contributed by atoms with Crippen LogP contribution in [-0.4, -0.2) is 50.8 Å². The summed E-state index contributed by atoms with van der Waals surface area (Å²) in [4.78, 5) is 11.1. The molecule has 25 heavy (non-hydrogen) atoms. The number of nitrogens with one attached hydrogen (secondary N) is 2. The minimum atomic E-state index is 0.688. The third-order valence-electron chi connectivity index (χ3n) is 4.30. The van der Waals surface area contributed by atoms with Crippen LogP contribution in [0.3, 0.4) is 0 Å². The van der Waals surface area contributed by atoms with E-state index in [2.05, 4.69) is 51.5 Å². The summed E-state index contributed by atoms with van der Waals surface area (Å²) in [6, 6.07) is 4.22. The van der Waals surface area contributed by atoms with Gasteiger partial charge in [-0.2, -0.15) is 0 Å². The Balaban J connectivity index is 1.69. The van der Waals surface area contributed by atoms with E-state index in [1.54, 1.807) is 7.05 Å². The van der Waals surface area contributed by atoms with E-state index in [1.807, 2.05) is 6.20 Å². The van der Waals surface area contributed by atoms with Gasteiger partial charge in [0.15, 0.2) is 5.96 Å². The van der Waals surface area contributed by atoms with Crippen molar-refractivity contribution in [3.8, 4) is 0 Å². The second-order valence-corrected chi connectivity index (χ2v) is 6.86. The molecule has 1 aliphatic heterocycles. The molecule has 1 aliphatic rings. The number of aliphatic imine (C=N–C) groups is 1. The van der Waals surface area contributed by atoms with Crippen molar-refractivity contribution in [2.75, 3.05) is 44.8 Å². The predicted molar refractivity (Wildman–Crippen MR) is 104 cm³/mol. The third kappa shape index (κ3) is 7.30. The van der Waals surface area contributed by atoms with E-state index >= 15 is 0 Å². The molecule has 2 rings (SSSR count). The molecular weight excluding hydrogens is 314 g/mol.